The summed E-state index contributed by atoms with van der Waals surface area (Å²) in [5, 5.41) is 7.56. The van der Waals surface area contributed by atoms with Gasteiger partial charge in [0.2, 0.25) is 0 Å². The second-order valence-corrected chi connectivity index (χ2v) is 7.50. The van der Waals surface area contributed by atoms with Gasteiger partial charge in [-0.15, -0.1) is 0 Å². The van der Waals surface area contributed by atoms with Crippen molar-refractivity contribution in [1.82, 2.24) is 35.1 Å². The maximum Gasteiger partial charge on any atom is 0.161 e. The second kappa shape index (κ2) is 7.05. The third kappa shape index (κ3) is 2.77. The van der Waals surface area contributed by atoms with Crippen molar-refractivity contribution < 1.29 is 4.39 Å². The quantitative estimate of drug-likeness (QED) is 0.416. The molecule has 7 nitrogen and oxygen atoms in total. The van der Waals surface area contributed by atoms with Gasteiger partial charge in [-0.25, -0.2) is 9.37 Å². The van der Waals surface area contributed by atoms with Crippen LogP contribution in [0.3, 0.4) is 0 Å². The second-order valence-electron chi connectivity index (χ2n) is 7.50. The van der Waals surface area contributed by atoms with Gasteiger partial charge in [0.1, 0.15) is 11.4 Å². The molecule has 5 heterocycles. The number of aromatic nitrogens is 7. The molecule has 0 atom stereocenters. The Balaban J connectivity index is 1.56. The number of fused-ring (bicyclic) bond motifs is 2. The van der Waals surface area contributed by atoms with Crippen molar-refractivity contribution in [2.75, 3.05) is 0 Å². The highest BCUT2D eigenvalue weighted by molar-refractivity contribution is 5.98. The van der Waals surface area contributed by atoms with Crippen molar-refractivity contribution in [3.8, 4) is 33.9 Å². The molecule has 0 aliphatic carbocycles. The molecular weight excluding hydrogens is 405 g/mol. The number of nitrogens with one attached hydrogen (secondary N) is 2. The smallest absolute Gasteiger partial charge is 0.161 e. The number of H-pyrrole nitrogens is 2. The summed E-state index contributed by atoms with van der Waals surface area (Å²) in [7, 11) is 0. The van der Waals surface area contributed by atoms with Crippen LogP contribution in [-0.4, -0.2) is 35.1 Å². The zero-order chi connectivity index (χ0) is 21.7. The van der Waals surface area contributed by atoms with E-state index in [1.165, 1.54) is 0 Å². The molecular formula is C24H16FN7. The summed E-state index contributed by atoms with van der Waals surface area (Å²) < 4.78 is 15.7. The van der Waals surface area contributed by atoms with Crippen LogP contribution in [-0.2, 0) is 0 Å². The average molecular weight is 421 g/mol. The molecule has 2 N–H and O–H groups in total. The number of pyridine rings is 3. The molecule has 0 unspecified atom stereocenters. The molecule has 8 heteroatoms. The summed E-state index contributed by atoms with van der Waals surface area (Å²) in [5.41, 5.74) is 6.15. The summed E-state index contributed by atoms with van der Waals surface area (Å²) in [6.45, 7) is 1.90. The first kappa shape index (κ1) is 18.3. The van der Waals surface area contributed by atoms with Crippen molar-refractivity contribution in [1.29, 1.82) is 0 Å². The SMILES string of the molecule is Cc1ccncc1-c1ncc2[nH]nc(-c3nc4c(-c5cccnc5)cccc4[nH]3)c2c1F. The first-order valence-electron chi connectivity index (χ1n) is 10.0. The highest BCUT2D eigenvalue weighted by Crippen LogP contribution is 2.34. The van der Waals surface area contributed by atoms with E-state index in [1.807, 2.05) is 43.3 Å². The Morgan fingerprint density at radius 2 is 1.75 bits per heavy atom. The molecule has 0 fully saturated rings. The topological polar surface area (TPSA) is 96.0 Å². The molecule has 0 radical (unpaired) electrons. The van der Waals surface area contributed by atoms with Gasteiger partial charge in [0, 0.05) is 41.5 Å². The van der Waals surface area contributed by atoms with Crippen LogP contribution in [0.2, 0.25) is 0 Å². The molecule has 6 aromatic rings. The molecule has 5 aromatic heterocycles. The Kier molecular flexibility index (Phi) is 4.04. The maximum atomic E-state index is 15.7. The first-order valence-corrected chi connectivity index (χ1v) is 10.0. The van der Waals surface area contributed by atoms with Gasteiger partial charge in [-0.2, -0.15) is 5.10 Å². The lowest BCUT2D eigenvalue weighted by Gasteiger charge is -2.06. The minimum absolute atomic E-state index is 0.234. The minimum atomic E-state index is -0.463. The molecule has 0 aliphatic rings. The lowest BCUT2D eigenvalue weighted by atomic mass is 10.1. The van der Waals surface area contributed by atoms with E-state index in [0.29, 0.717) is 28.0 Å². The molecule has 0 amide bonds. The molecule has 0 saturated carbocycles. The molecule has 0 aliphatic heterocycles. The van der Waals surface area contributed by atoms with E-state index in [9.17, 15) is 0 Å². The summed E-state index contributed by atoms with van der Waals surface area (Å²) in [6.07, 6.45) is 8.40. The third-order valence-corrected chi connectivity index (χ3v) is 5.55. The van der Waals surface area contributed by atoms with E-state index in [-0.39, 0.29) is 5.69 Å². The largest absolute Gasteiger partial charge is 0.337 e. The number of hydrogen-bond acceptors (Lipinski definition) is 5. The third-order valence-electron chi connectivity index (χ3n) is 5.55. The number of aryl methyl sites for hydroxylation is 1. The van der Waals surface area contributed by atoms with Gasteiger partial charge in [-0.1, -0.05) is 18.2 Å². The van der Waals surface area contributed by atoms with Crippen LogP contribution in [0.4, 0.5) is 4.39 Å². The van der Waals surface area contributed by atoms with Crippen molar-refractivity contribution in [2.24, 2.45) is 0 Å². The van der Waals surface area contributed by atoms with Gasteiger partial charge in [0.15, 0.2) is 11.6 Å². The van der Waals surface area contributed by atoms with Gasteiger partial charge in [-0.05, 0) is 30.7 Å². The van der Waals surface area contributed by atoms with Crippen LogP contribution in [0.1, 0.15) is 5.56 Å². The summed E-state index contributed by atoms with van der Waals surface area (Å²) in [5.74, 6) is 0.0110. The Morgan fingerprint density at radius 1 is 0.844 bits per heavy atom. The van der Waals surface area contributed by atoms with Gasteiger partial charge in [-0.3, -0.25) is 20.1 Å². The Labute approximate surface area is 181 Å². The maximum absolute atomic E-state index is 15.7. The number of para-hydroxylation sites is 1. The predicted octanol–water partition coefficient (Wildman–Crippen LogP) is 5.07. The molecule has 32 heavy (non-hydrogen) atoms. The number of rotatable bonds is 3. The summed E-state index contributed by atoms with van der Waals surface area (Å²) in [6, 6.07) is 11.6. The number of aromatic amines is 2. The Bertz CT molecular complexity index is 1600. The molecule has 0 spiro atoms. The van der Waals surface area contributed by atoms with Crippen LogP contribution in [0.15, 0.2) is 67.4 Å². The molecule has 0 bridgehead atoms. The fourth-order valence-electron chi connectivity index (χ4n) is 3.95. The number of benzene rings is 1. The normalized spacial score (nSPS) is 11.4. The zero-order valence-electron chi connectivity index (χ0n) is 17.0. The van der Waals surface area contributed by atoms with Crippen molar-refractivity contribution in [3.05, 3.63) is 78.8 Å². The molecule has 0 saturated heterocycles. The molecule has 6 rings (SSSR count). The number of halogens is 1. The summed E-state index contributed by atoms with van der Waals surface area (Å²) >= 11 is 0. The van der Waals surface area contributed by atoms with Gasteiger partial charge < -0.3 is 4.98 Å². The highest BCUT2D eigenvalue weighted by Gasteiger charge is 2.21. The zero-order valence-corrected chi connectivity index (χ0v) is 17.0. The van der Waals surface area contributed by atoms with E-state index in [2.05, 4.69) is 30.1 Å². The average Bonchev–Trinajstić information content (AvgIpc) is 3.45. The highest BCUT2D eigenvalue weighted by atomic mass is 19.1. The standard InChI is InChI=1S/C24H16FN7/c1-13-7-9-27-11-16(13)22-20(25)19-18(12-28-22)31-32-23(19)24-29-17-6-2-5-15(21(17)30-24)14-4-3-8-26-10-14/h2-12H,1H3,(H,29,30)(H,31,32). The minimum Gasteiger partial charge on any atom is -0.337 e. The van der Waals surface area contributed by atoms with Gasteiger partial charge >= 0.3 is 0 Å². The predicted molar refractivity (Wildman–Crippen MR) is 120 cm³/mol. The van der Waals surface area contributed by atoms with Crippen LogP contribution >= 0.6 is 0 Å². The van der Waals surface area contributed by atoms with Crippen LogP contribution in [0.5, 0.6) is 0 Å². The van der Waals surface area contributed by atoms with E-state index >= 15 is 4.39 Å². The number of nitrogens with zero attached hydrogens (tertiary/aromatic N) is 5. The number of hydrogen-bond donors (Lipinski definition) is 2. The van der Waals surface area contributed by atoms with Crippen LogP contribution in [0.25, 0.3) is 55.8 Å². The van der Waals surface area contributed by atoms with Gasteiger partial charge in [0.05, 0.1) is 28.1 Å². The monoisotopic (exact) mass is 421 g/mol. The van der Waals surface area contributed by atoms with E-state index in [1.54, 1.807) is 31.0 Å². The first-order chi connectivity index (χ1) is 15.7. The van der Waals surface area contributed by atoms with E-state index in [4.69, 9.17) is 4.98 Å². The van der Waals surface area contributed by atoms with Crippen LogP contribution < -0.4 is 0 Å². The Hall–Kier alpha value is -4.46. The summed E-state index contributed by atoms with van der Waals surface area (Å²) in [4.78, 5) is 20.7. The van der Waals surface area contributed by atoms with Crippen molar-refractivity contribution >= 4 is 21.9 Å². The van der Waals surface area contributed by atoms with Crippen molar-refractivity contribution in [2.45, 2.75) is 6.92 Å². The lowest BCUT2D eigenvalue weighted by molar-refractivity contribution is 0.638. The molecule has 1 aromatic carbocycles. The Morgan fingerprint density at radius 3 is 2.59 bits per heavy atom. The lowest BCUT2D eigenvalue weighted by Crippen LogP contribution is -1.94. The van der Waals surface area contributed by atoms with Crippen molar-refractivity contribution in [3.63, 3.8) is 0 Å². The fourth-order valence-corrected chi connectivity index (χ4v) is 3.95. The van der Waals surface area contributed by atoms with Gasteiger partial charge in [0.25, 0.3) is 0 Å². The fraction of sp³-hybridized carbons (Fsp3) is 0.0417. The van der Waals surface area contributed by atoms with E-state index < -0.39 is 5.82 Å². The number of imidazole rings is 1. The molecule has 154 valence electrons. The van der Waals surface area contributed by atoms with Crippen LogP contribution in [0, 0.1) is 12.7 Å². The van der Waals surface area contributed by atoms with E-state index in [0.717, 1.165) is 27.7 Å².